The van der Waals surface area contributed by atoms with E-state index in [0.717, 1.165) is 13.0 Å². The number of aromatic nitrogens is 1. The fraction of sp³-hybridized carbons (Fsp3) is 0.278. The maximum absolute atomic E-state index is 12.2. The van der Waals surface area contributed by atoms with Gasteiger partial charge in [-0.05, 0) is 37.6 Å². The van der Waals surface area contributed by atoms with Gasteiger partial charge in [-0.25, -0.2) is 4.98 Å². The van der Waals surface area contributed by atoms with E-state index in [2.05, 4.69) is 15.6 Å². The van der Waals surface area contributed by atoms with Gasteiger partial charge < -0.3 is 15.4 Å². The van der Waals surface area contributed by atoms with E-state index in [9.17, 15) is 9.59 Å². The van der Waals surface area contributed by atoms with Crippen molar-refractivity contribution in [1.82, 2.24) is 4.98 Å². The van der Waals surface area contributed by atoms with Crippen LogP contribution >= 0.6 is 0 Å². The largest absolute Gasteiger partial charge is 0.385 e. The third-order valence-electron chi connectivity index (χ3n) is 3.38. The lowest BCUT2D eigenvalue weighted by atomic mass is 10.1. The number of pyridine rings is 1. The standard InChI is InChI=1S/C18H21N3O3/c1-13(22)14-5-3-6-16(11-14)21-18(23)15-7-8-17(20-12-15)19-9-4-10-24-2/h3,5-8,11-12H,4,9-10H2,1-2H3,(H,19,20)(H,21,23). The Balaban J connectivity index is 1.95. The summed E-state index contributed by atoms with van der Waals surface area (Å²) in [5.41, 5.74) is 1.58. The van der Waals surface area contributed by atoms with Gasteiger partial charge in [0, 0.05) is 37.7 Å². The fourth-order valence-electron chi connectivity index (χ4n) is 2.08. The van der Waals surface area contributed by atoms with Gasteiger partial charge >= 0.3 is 0 Å². The van der Waals surface area contributed by atoms with Crippen molar-refractivity contribution in [2.45, 2.75) is 13.3 Å². The minimum Gasteiger partial charge on any atom is -0.385 e. The molecule has 0 spiro atoms. The lowest BCUT2D eigenvalue weighted by Crippen LogP contribution is -2.13. The van der Waals surface area contributed by atoms with Crippen molar-refractivity contribution >= 4 is 23.2 Å². The van der Waals surface area contributed by atoms with Gasteiger partial charge in [-0.15, -0.1) is 0 Å². The highest BCUT2D eigenvalue weighted by Gasteiger charge is 2.08. The van der Waals surface area contributed by atoms with Crippen molar-refractivity contribution in [2.75, 3.05) is 30.9 Å². The number of nitrogens with one attached hydrogen (secondary N) is 2. The van der Waals surface area contributed by atoms with Crippen LogP contribution < -0.4 is 10.6 Å². The van der Waals surface area contributed by atoms with Gasteiger partial charge in [-0.2, -0.15) is 0 Å². The SMILES string of the molecule is COCCCNc1ccc(C(=O)Nc2cccc(C(C)=O)c2)cn1. The monoisotopic (exact) mass is 327 g/mol. The van der Waals surface area contributed by atoms with E-state index < -0.39 is 0 Å². The average Bonchev–Trinajstić information content (AvgIpc) is 2.59. The summed E-state index contributed by atoms with van der Waals surface area (Å²) in [6, 6.07) is 10.3. The van der Waals surface area contributed by atoms with E-state index >= 15 is 0 Å². The number of methoxy groups -OCH3 is 1. The molecule has 0 saturated carbocycles. The molecule has 1 aromatic heterocycles. The summed E-state index contributed by atoms with van der Waals surface area (Å²) in [5.74, 6) is 0.395. The first-order chi connectivity index (χ1) is 11.6. The van der Waals surface area contributed by atoms with Crippen LogP contribution in [0.3, 0.4) is 0 Å². The van der Waals surface area contributed by atoms with Gasteiger partial charge in [-0.3, -0.25) is 9.59 Å². The number of nitrogens with zero attached hydrogens (tertiary/aromatic N) is 1. The molecule has 2 aromatic rings. The Morgan fingerprint density at radius 1 is 1.17 bits per heavy atom. The number of ketones is 1. The molecule has 6 heteroatoms. The third-order valence-corrected chi connectivity index (χ3v) is 3.38. The fourth-order valence-corrected chi connectivity index (χ4v) is 2.08. The van der Waals surface area contributed by atoms with E-state index in [0.29, 0.717) is 29.2 Å². The van der Waals surface area contributed by atoms with Crippen LogP contribution in [0.1, 0.15) is 34.1 Å². The molecule has 6 nitrogen and oxygen atoms in total. The highest BCUT2D eigenvalue weighted by Crippen LogP contribution is 2.13. The molecule has 2 N–H and O–H groups in total. The van der Waals surface area contributed by atoms with Crippen LogP contribution in [0.2, 0.25) is 0 Å². The molecule has 0 aliphatic rings. The highest BCUT2D eigenvalue weighted by molar-refractivity contribution is 6.05. The normalized spacial score (nSPS) is 10.2. The van der Waals surface area contributed by atoms with E-state index in [1.54, 1.807) is 43.5 Å². The summed E-state index contributed by atoms with van der Waals surface area (Å²) in [6.07, 6.45) is 2.40. The number of ether oxygens (including phenoxy) is 1. The molecule has 2 rings (SSSR count). The van der Waals surface area contributed by atoms with E-state index in [-0.39, 0.29) is 11.7 Å². The van der Waals surface area contributed by atoms with Crippen LogP contribution in [0.5, 0.6) is 0 Å². The molecule has 0 unspecified atom stereocenters. The van der Waals surface area contributed by atoms with Crippen LogP contribution in [0.4, 0.5) is 11.5 Å². The highest BCUT2D eigenvalue weighted by atomic mass is 16.5. The van der Waals surface area contributed by atoms with Crippen LogP contribution in [0, 0.1) is 0 Å². The minimum absolute atomic E-state index is 0.0448. The quantitative estimate of drug-likeness (QED) is 0.575. The zero-order valence-corrected chi connectivity index (χ0v) is 13.8. The first kappa shape index (κ1) is 17.6. The first-order valence-electron chi connectivity index (χ1n) is 7.71. The van der Waals surface area contributed by atoms with Crippen LogP contribution in [0.25, 0.3) is 0 Å². The smallest absolute Gasteiger partial charge is 0.257 e. The molecule has 0 radical (unpaired) electrons. The number of carbonyl (C=O) groups excluding carboxylic acids is 2. The van der Waals surface area contributed by atoms with Gasteiger partial charge in [0.05, 0.1) is 5.56 Å². The molecule has 1 aromatic carbocycles. The molecule has 1 heterocycles. The van der Waals surface area contributed by atoms with Crippen molar-refractivity contribution in [2.24, 2.45) is 0 Å². The second kappa shape index (κ2) is 8.79. The molecule has 0 bridgehead atoms. The predicted molar refractivity (Wildman–Crippen MR) is 93.6 cm³/mol. The summed E-state index contributed by atoms with van der Waals surface area (Å²) >= 11 is 0. The molecule has 0 saturated heterocycles. The Labute approximate surface area is 141 Å². The van der Waals surface area contributed by atoms with Crippen molar-refractivity contribution in [3.8, 4) is 0 Å². The molecular formula is C18H21N3O3. The van der Waals surface area contributed by atoms with Crippen molar-refractivity contribution < 1.29 is 14.3 Å². The Morgan fingerprint density at radius 2 is 2.00 bits per heavy atom. The predicted octanol–water partition coefficient (Wildman–Crippen LogP) is 2.98. The topological polar surface area (TPSA) is 80.3 Å². The Morgan fingerprint density at radius 3 is 2.67 bits per heavy atom. The second-order valence-electron chi connectivity index (χ2n) is 5.30. The van der Waals surface area contributed by atoms with E-state index in [1.165, 1.54) is 13.1 Å². The van der Waals surface area contributed by atoms with Crippen LogP contribution in [-0.4, -0.2) is 36.9 Å². The summed E-state index contributed by atoms with van der Waals surface area (Å²) in [4.78, 5) is 27.8. The number of carbonyl (C=O) groups is 2. The average molecular weight is 327 g/mol. The lowest BCUT2D eigenvalue weighted by molar-refractivity contribution is 0.101. The third kappa shape index (κ3) is 5.17. The van der Waals surface area contributed by atoms with Gasteiger partial charge in [0.1, 0.15) is 5.82 Å². The minimum atomic E-state index is -0.269. The number of rotatable bonds is 8. The molecule has 1 amide bonds. The lowest BCUT2D eigenvalue weighted by Gasteiger charge is -2.08. The summed E-state index contributed by atoms with van der Waals surface area (Å²) in [6.45, 7) is 2.93. The number of benzene rings is 1. The molecule has 126 valence electrons. The number of anilines is 2. The summed E-state index contributed by atoms with van der Waals surface area (Å²) in [5, 5.41) is 5.92. The van der Waals surface area contributed by atoms with Crippen molar-refractivity contribution in [3.63, 3.8) is 0 Å². The molecular weight excluding hydrogens is 306 g/mol. The first-order valence-corrected chi connectivity index (χ1v) is 7.71. The van der Waals surface area contributed by atoms with Gasteiger partial charge in [0.15, 0.2) is 5.78 Å². The zero-order chi connectivity index (χ0) is 17.4. The Hall–Kier alpha value is -2.73. The summed E-state index contributed by atoms with van der Waals surface area (Å²) < 4.78 is 4.98. The number of Topliss-reactive ketones (excluding diaryl/α,β-unsaturated/α-hetero) is 1. The molecule has 0 atom stereocenters. The van der Waals surface area contributed by atoms with Gasteiger partial charge in [-0.1, -0.05) is 12.1 Å². The molecule has 0 fully saturated rings. The molecule has 24 heavy (non-hydrogen) atoms. The van der Waals surface area contributed by atoms with Crippen molar-refractivity contribution in [3.05, 3.63) is 53.7 Å². The Kier molecular flexibility index (Phi) is 6.45. The molecule has 0 aliphatic heterocycles. The van der Waals surface area contributed by atoms with Gasteiger partial charge in [0.25, 0.3) is 5.91 Å². The number of amides is 1. The van der Waals surface area contributed by atoms with Crippen LogP contribution in [-0.2, 0) is 4.74 Å². The zero-order valence-electron chi connectivity index (χ0n) is 13.8. The number of hydrogen-bond acceptors (Lipinski definition) is 5. The maximum atomic E-state index is 12.2. The van der Waals surface area contributed by atoms with E-state index in [4.69, 9.17) is 4.74 Å². The van der Waals surface area contributed by atoms with Crippen LogP contribution in [0.15, 0.2) is 42.6 Å². The maximum Gasteiger partial charge on any atom is 0.257 e. The number of hydrogen-bond donors (Lipinski definition) is 2. The van der Waals surface area contributed by atoms with Gasteiger partial charge in [0.2, 0.25) is 0 Å². The molecule has 0 aliphatic carbocycles. The van der Waals surface area contributed by atoms with E-state index in [1.807, 2.05) is 0 Å². The summed E-state index contributed by atoms with van der Waals surface area (Å²) in [7, 11) is 1.66. The second-order valence-corrected chi connectivity index (χ2v) is 5.30. The van der Waals surface area contributed by atoms with Crippen molar-refractivity contribution in [1.29, 1.82) is 0 Å². The Bertz CT molecular complexity index is 699.